The molecule has 0 saturated carbocycles. The first-order valence-corrected chi connectivity index (χ1v) is 11.0. The number of benzene rings is 2. The van der Waals surface area contributed by atoms with Crippen LogP contribution in [0.4, 0.5) is 10.1 Å². The normalized spacial score (nSPS) is 15.8. The highest BCUT2D eigenvalue weighted by Crippen LogP contribution is 2.37. The molecule has 0 aliphatic carbocycles. The van der Waals surface area contributed by atoms with Crippen molar-refractivity contribution >= 4 is 57.2 Å². The molecule has 0 unspecified atom stereocenters. The summed E-state index contributed by atoms with van der Waals surface area (Å²) in [6, 6.07) is 7.67. The van der Waals surface area contributed by atoms with E-state index in [2.05, 4.69) is 10.3 Å². The zero-order chi connectivity index (χ0) is 22.3. The van der Waals surface area contributed by atoms with Crippen molar-refractivity contribution < 1.29 is 9.18 Å². The third-order valence-corrected chi connectivity index (χ3v) is 6.39. The van der Waals surface area contributed by atoms with Gasteiger partial charge in [0.15, 0.2) is 0 Å². The van der Waals surface area contributed by atoms with Crippen molar-refractivity contribution in [2.24, 2.45) is 0 Å². The quantitative estimate of drug-likeness (QED) is 0.498. The van der Waals surface area contributed by atoms with Crippen LogP contribution in [0.25, 0.3) is 10.8 Å². The Labute approximate surface area is 193 Å². The molecule has 162 valence electrons. The van der Waals surface area contributed by atoms with Crippen LogP contribution in [0.15, 0.2) is 35.1 Å². The van der Waals surface area contributed by atoms with E-state index in [-0.39, 0.29) is 35.4 Å². The molecule has 2 N–H and O–H groups in total. The molecule has 0 fully saturated rings. The predicted octanol–water partition coefficient (Wildman–Crippen LogP) is 5.27. The lowest BCUT2D eigenvalue weighted by molar-refractivity contribution is -0.131. The first kappa shape index (κ1) is 21.9. The summed E-state index contributed by atoms with van der Waals surface area (Å²) in [4.78, 5) is 29.3. The third kappa shape index (κ3) is 4.25. The van der Waals surface area contributed by atoms with Crippen LogP contribution in [0, 0.1) is 5.82 Å². The van der Waals surface area contributed by atoms with Gasteiger partial charge in [-0.05, 0) is 60.2 Å². The average Bonchev–Trinajstić information content (AvgIpc) is 2.72. The largest absolute Gasteiger partial charge is 0.374 e. The van der Waals surface area contributed by atoms with Gasteiger partial charge in [-0.25, -0.2) is 4.39 Å². The Kier molecular flexibility index (Phi) is 6.15. The summed E-state index contributed by atoms with van der Waals surface area (Å²) in [5.74, 6) is -0.665. The number of nitrogens with one attached hydrogen (secondary N) is 2. The number of pyridine rings is 1. The smallest absolute Gasteiger partial charge is 0.256 e. The van der Waals surface area contributed by atoms with E-state index < -0.39 is 11.4 Å². The Morgan fingerprint density at radius 2 is 2.03 bits per heavy atom. The molecule has 1 atom stereocenters. The fourth-order valence-corrected chi connectivity index (χ4v) is 4.90. The number of alkyl halides is 1. The van der Waals surface area contributed by atoms with Crippen LogP contribution in [0.2, 0.25) is 10.0 Å². The van der Waals surface area contributed by atoms with E-state index in [9.17, 15) is 14.0 Å². The van der Waals surface area contributed by atoms with Gasteiger partial charge in [-0.15, -0.1) is 11.6 Å². The number of aromatic amines is 1. The average molecular weight is 483 g/mol. The van der Waals surface area contributed by atoms with Gasteiger partial charge >= 0.3 is 0 Å². The molecular formula is C22H19Cl3FN3O2. The number of halogens is 4. The molecule has 2 aromatic carbocycles. The number of anilines is 1. The highest BCUT2D eigenvalue weighted by molar-refractivity contribution is 6.35. The molecular weight excluding hydrogens is 464 g/mol. The van der Waals surface area contributed by atoms with E-state index in [0.29, 0.717) is 34.1 Å². The number of amides is 1. The number of nitrogens with zero attached hydrogens (tertiary/aromatic N) is 1. The van der Waals surface area contributed by atoms with Crippen LogP contribution in [0.5, 0.6) is 0 Å². The summed E-state index contributed by atoms with van der Waals surface area (Å²) in [7, 11) is 0. The Hall–Kier alpha value is -2.28. The molecule has 5 nitrogen and oxygen atoms in total. The van der Waals surface area contributed by atoms with Crippen LogP contribution in [0.1, 0.15) is 29.8 Å². The molecule has 0 spiro atoms. The number of hydrogen-bond donors (Lipinski definition) is 2. The summed E-state index contributed by atoms with van der Waals surface area (Å²) in [6.45, 7) is 2.32. The summed E-state index contributed by atoms with van der Waals surface area (Å²) in [5, 5.41) is 4.72. The maximum Gasteiger partial charge on any atom is 0.256 e. The zero-order valence-corrected chi connectivity index (χ0v) is 18.8. The molecule has 0 bridgehead atoms. The Morgan fingerprint density at radius 1 is 1.26 bits per heavy atom. The first-order chi connectivity index (χ1) is 14.8. The van der Waals surface area contributed by atoms with Crippen molar-refractivity contribution in [1.82, 2.24) is 9.88 Å². The maximum atomic E-state index is 14.5. The molecule has 31 heavy (non-hydrogen) atoms. The van der Waals surface area contributed by atoms with E-state index in [1.807, 2.05) is 13.0 Å². The highest BCUT2D eigenvalue weighted by atomic mass is 35.5. The number of H-pyrrole nitrogens is 1. The van der Waals surface area contributed by atoms with Gasteiger partial charge < -0.3 is 15.2 Å². The topological polar surface area (TPSA) is 65.2 Å². The van der Waals surface area contributed by atoms with Gasteiger partial charge in [0.2, 0.25) is 5.91 Å². The maximum absolute atomic E-state index is 14.5. The standard InChI is InChI=1S/C22H19Cl3FN3O2/c1-11-21-12(4-14(24)7-17(21)25)2-3-29(11)20(30)10-27-19-6-13-5-15(9-23)28-22(31)16(13)8-18(19)26/h4-8,11,27H,2-3,9-10H2,1H3,(H,28,31)/t11-/m0/s1. The molecule has 2 heterocycles. The number of carbonyl (C=O) groups is 1. The van der Waals surface area contributed by atoms with Crippen LogP contribution < -0.4 is 10.9 Å². The first-order valence-electron chi connectivity index (χ1n) is 9.71. The van der Waals surface area contributed by atoms with E-state index in [1.54, 1.807) is 17.0 Å². The predicted molar refractivity (Wildman–Crippen MR) is 123 cm³/mol. The van der Waals surface area contributed by atoms with Crippen molar-refractivity contribution in [3.8, 4) is 0 Å². The number of aromatic nitrogens is 1. The van der Waals surface area contributed by atoms with Crippen LogP contribution in [-0.2, 0) is 17.1 Å². The van der Waals surface area contributed by atoms with Gasteiger partial charge in [0.25, 0.3) is 5.56 Å². The molecule has 0 radical (unpaired) electrons. The van der Waals surface area contributed by atoms with Gasteiger partial charge in [-0.2, -0.15) is 0 Å². The van der Waals surface area contributed by atoms with E-state index in [0.717, 1.165) is 17.2 Å². The Bertz CT molecular complexity index is 1240. The van der Waals surface area contributed by atoms with E-state index in [4.69, 9.17) is 34.8 Å². The molecule has 4 rings (SSSR count). The lowest BCUT2D eigenvalue weighted by Gasteiger charge is -2.36. The molecule has 0 saturated heterocycles. The minimum atomic E-state index is -0.612. The lowest BCUT2D eigenvalue weighted by atomic mass is 9.93. The highest BCUT2D eigenvalue weighted by Gasteiger charge is 2.29. The van der Waals surface area contributed by atoms with Crippen LogP contribution in [0.3, 0.4) is 0 Å². The summed E-state index contributed by atoms with van der Waals surface area (Å²) < 4.78 is 14.5. The molecule has 9 heteroatoms. The second-order valence-electron chi connectivity index (χ2n) is 7.50. The number of rotatable bonds is 4. The number of carbonyl (C=O) groups excluding carboxylic acids is 1. The van der Waals surface area contributed by atoms with Gasteiger partial charge in [0, 0.05) is 22.3 Å². The van der Waals surface area contributed by atoms with Crippen molar-refractivity contribution in [1.29, 1.82) is 0 Å². The second-order valence-corrected chi connectivity index (χ2v) is 8.61. The van der Waals surface area contributed by atoms with Crippen LogP contribution in [-0.4, -0.2) is 28.9 Å². The minimum absolute atomic E-state index is 0.0984. The van der Waals surface area contributed by atoms with Gasteiger partial charge in [-0.1, -0.05) is 23.2 Å². The second kappa shape index (κ2) is 8.69. The van der Waals surface area contributed by atoms with Crippen molar-refractivity contribution in [3.05, 3.63) is 73.4 Å². The van der Waals surface area contributed by atoms with Gasteiger partial charge in [0.05, 0.1) is 29.5 Å². The SMILES string of the molecule is C[C@H]1c2c(Cl)cc(Cl)cc2CCN1C(=O)CNc1cc2cc(CCl)[nH]c(=O)c2cc1F. The summed E-state index contributed by atoms with van der Waals surface area (Å²) in [5.41, 5.74) is 2.18. The Balaban J connectivity index is 1.54. The van der Waals surface area contributed by atoms with Crippen molar-refractivity contribution in [2.75, 3.05) is 18.4 Å². The van der Waals surface area contributed by atoms with Gasteiger partial charge in [-0.3, -0.25) is 9.59 Å². The number of hydrogen-bond acceptors (Lipinski definition) is 3. The fourth-order valence-electron chi connectivity index (χ4n) is 4.07. The molecule has 3 aromatic rings. The number of fused-ring (bicyclic) bond motifs is 2. The van der Waals surface area contributed by atoms with E-state index >= 15 is 0 Å². The summed E-state index contributed by atoms with van der Waals surface area (Å²) >= 11 is 18.3. The molecule has 1 aromatic heterocycles. The molecule has 1 amide bonds. The molecule has 1 aliphatic rings. The fraction of sp³-hybridized carbons (Fsp3) is 0.273. The lowest BCUT2D eigenvalue weighted by Crippen LogP contribution is -2.42. The zero-order valence-electron chi connectivity index (χ0n) is 16.6. The van der Waals surface area contributed by atoms with Crippen molar-refractivity contribution in [2.45, 2.75) is 25.3 Å². The Morgan fingerprint density at radius 3 is 2.77 bits per heavy atom. The van der Waals surface area contributed by atoms with Gasteiger partial charge in [0.1, 0.15) is 5.82 Å². The monoisotopic (exact) mass is 481 g/mol. The minimum Gasteiger partial charge on any atom is -0.374 e. The van der Waals surface area contributed by atoms with E-state index in [1.165, 1.54) is 6.07 Å². The molecule has 1 aliphatic heterocycles. The third-order valence-electron chi connectivity index (χ3n) is 5.57. The van der Waals surface area contributed by atoms with Crippen molar-refractivity contribution in [3.63, 3.8) is 0 Å². The summed E-state index contributed by atoms with van der Waals surface area (Å²) in [6.07, 6.45) is 0.639. The van der Waals surface area contributed by atoms with Crippen LogP contribution >= 0.6 is 34.8 Å².